The van der Waals surface area contributed by atoms with Gasteiger partial charge in [0.2, 0.25) is 5.91 Å². The van der Waals surface area contributed by atoms with Gasteiger partial charge in [0, 0.05) is 18.4 Å². The van der Waals surface area contributed by atoms with Gasteiger partial charge in [-0.2, -0.15) is 0 Å². The molecule has 1 aliphatic heterocycles. The van der Waals surface area contributed by atoms with Crippen molar-refractivity contribution in [3.8, 4) is 5.75 Å². The Morgan fingerprint density at radius 2 is 1.96 bits per heavy atom. The maximum atomic E-state index is 12.0. The molecule has 1 atom stereocenters. The van der Waals surface area contributed by atoms with Gasteiger partial charge in [-0.05, 0) is 55.7 Å². The zero-order chi connectivity index (χ0) is 17.5. The van der Waals surface area contributed by atoms with Gasteiger partial charge in [0.25, 0.3) is 0 Å². The molecule has 1 fully saturated rings. The fourth-order valence-electron chi connectivity index (χ4n) is 2.63. The van der Waals surface area contributed by atoms with Gasteiger partial charge in [-0.3, -0.25) is 4.79 Å². The lowest BCUT2D eigenvalue weighted by atomic mass is 10.1. The molecule has 25 heavy (non-hydrogen) atoms. The first-order valence-electron chi connectivity index (χ1n) is 8.59. The molecule has 0 radical (unpaired) electrons. The van der Waals surface area contributed by atoms with Crippen molar-refractivity contribution in [3.63, 3.8) is 0 Å². The lowest BCUT2D eigenvalue weighted by Gasteiger charge is -2.11. The summed E-state index contributed by atoms with van der Waals surface area (Å²) in [6.07, 6.45) is 5.70. The second-order valence-electron chi connectivity index (χ2n) is 6.20. The number of nitrogens with one attached hydrogen (secondary N) is 1. The van der Waals surface area contributed by atoms with Gasteiger partial charge in [-0.15, -0.1) is 0 Å². The Morgan fingerprint density at radius 3 is 2.64 bits per heavy atom. The number of benzene rings is 2. The van der Waals surface area contributed by atoms with E-state index in [0.717, 1.165) is 36.4 Å². The first kappa shape index (κ1) is 17.2. The maximum Gasteiger partial charge on any atom is 0.248 e. The highest BCUT2D eigenvalue weighted by atomic mass is 16.5. The summed E-state index contributed by atoms with van der Waals surface area (Å²) < 4.78 is 11.2. The highest BCUT2D eigenvalue weighted by Gasteiger charge is 2.15. The molecule has 130 valence electrons. The third kappa shape index (κ3) is 5.47. The van der Waals surface area contributed by atoms with E-state index >= 15 is 0 Å². The third-order valence-corrected chi connectivity index (χ3v) is 4.09. The fourth-order valence-corrected chi connectivity index (χ4v) is 2.63. The molecule has 1 amide bonds. The van der Waals surface area contributed by atoms with Crippen LogP contribution in [0.3, 0.4) is 0 Å². The summed E-state index contributed by atoms with van der Waals surface area (Å²) in [5.74, 6) is 0.622. The molecule has 1 N–H and O–H groups in total. The van der Waals surface area contributed by atoms with Gasteiger partial charge in [0.15, 0.2) is 0 Å². The van der Waals surface area contributed by atoms with Crippen molar-refractivity contribution in [2.24, 2.45) is 0 Å². The molecular formula is C21H23NO3. The monoisotopic (exact) mass is 337 g/mol. The average molecular weight is 337 g/mol. The number of carbonyl (C=O) groups is 1. The van der Waals surface area contributed by atoms with Gasteiger partial charge >= 0.3 is 0 Å². The van der Waals surface area contributed by atoms with Crippen molar-refractivity contribution in [1.29, 1.82) is 0 Å². The highest BCUT2D eigenvalue weighted by molar-refractivity contribution is 6.01. The normalized spacial score (nSPS) is 16.9. The van der Waals surface area contributed by atoms with Gasteiger partial charge in [0.1, 0.15) is 12.4 Å². The van der Waals surface area contributed by atoms with Crippen LogP contribution in [0.1, 0.15) is 24.0 Å². The molecular weight excluding hydrogens is 314 g/mol. The van der Waals surface area contributed by atoms with E-state index in [1.807, 2.05) is 55.5 Å². The Kier molecular flexibility index (Phi) is 5.86. The first-order valence-corrected chi connectivity index (χ1v) is 8.59. The minimum absolute atomic E-state index is 0.159. The minimum Gasteiger partial charge on any atom is -0.491 e. The van der Waals surface area contributed by atoms with Gasteiger partial charge < -0.3 is 14.8 Å². The lowest BCUT2D eigenvalue weighted by molar-refractivity contribution is -0.111. The summed E-state index contributed by atoms with van der Waals surface area (Å²) in [4.78, 5) is 12.0. The predicted molar refractivity (Wildman–Crippen MR) is 99.8 cm³/mol. The molecule has 0 aromatic heterocycles. The van der Waals surface area contributed by atoms with E-state index in [4.69, 9.17) is 9.47 Å². The van der Waals surface area contributed by atoms with Crippen LogP contribution in [-0.2, 0) is 9.53 Å². The van der Waals surface area contributed by atoms with E-state index in [1.165, 1.54) is 11.6 Å². The SMILES string of the molecule is Cc1ccc(/C=C/C(=O)Nc2ccc(OCC3CCCO3)cc2)cc1. The summed E-state index contributed by atoms with van der Waals surface area (Å²) in [6.45, 7) is 3.44. The Hall–Kier alpha value is -2.59. The van der Waals surface area contributed by atoms with Crippen molar-refractivity contribution >= 4 is 17.7 Å². The van der Waals surface area contributed by atoms with E-state index in [1.54, 1.807) is 6.08 Å². The number of aryl methyl sites for hydroxylation is 1. The van der Waals surface area contributed by atoms with Crippen LogP contribution in [0.2, 0.25) is 0 Å². The quantitative estimate of drug-likeness (QED) is 0.804. The van der Waals surface area contributed by atoms with Crippen molar-refractivity contribution in [3.05, 3.63) is 65.7 Å². The summed E-state index contributed by atoms with van der Waals surface area (Å²) in [7, 11) is 0. The first-order chi connectivity index (χ1) is 12.2. The van der Waals surface area contributed by atoms with Crippen molar-refractivity contribution < 1.29 is 14.3 Å². The number of carbonyl (C=O) groups excluding carboxylic acids is 1. The van der Waals surface area contributed by atoms with Crippen LogP contribution >= 0.6 is 0 Å². The zero-order valence-corrected chi connectivity index (χ0v) is 14.4. The molecule has 2 aromatic carbocycles. The fraction of sp³-hybridized carbons (Fsp3) is 0.286. The van der Waals surface area contributed by atoms with E-state index in [2.05, 4.69) is 5.32 Å². The van der Waals surface area contributed by atoms with E-state index in [-0.39, 0.29) is 12.0 Å². The molecule has 0 spiro atoms. The molecule has 1 heterocycles. The molecule has 1 aliphatic rings. The zero-order valence-electron chi connectivity index (χ0n) is 14.4. The standard InChI is InChI=1S/C21H23NO3/c1-16-4-6-17(7-5-16)8-13-21(23)22-18-9-11-19(12-10-18)25-15-20-3-2-14-24-20/h4-13,20H,2-3,14-15H2,1H3,(H,22,23)/b13-8+. The Bertz CT molecular complexity index is 714. The Morgan fingerprint density at radius 1 is 1.20 bits per heavy atom. The number of hydrogen-bond donors (Lipinski definition) is 1. The third-order valence-electron chi connectivity index (χ3n) is 4.09. The molecule has 2 aromatic rings. The molecule has 4 nitrogen and oxygen atoms in total. The van der Waals surface area contributed by atoms with Crippen LogP contribution in [0.25, 0.3) is 6.08 Å². The molecule has 1 saturated heterocycles. The molecule has 1 unspecified atom stereocenters. The molecule has 0 saturated carbocycles. The molecule has 3 rings (SSSR count). The van der Waals surface area contributed by atoms with Crippen molar-refractivity contribution in [1.82, 2.24) is 0 Å². The Labute approximate surface area is 148 Å². The lowest BCUT2D eigenvalue weighted by Crippen LogP contribution is -2.16. The molecule has 4 heteroatoms. The van der Waals surface area contributed by atoms with Crippen LogP contribution in [-0.4, -0.2) is 25.2 Å². The van der Waals surface area contributed by atoms with E-state index in [9.17, 15) is 4.79 Å². The van der Waals surface area contributed by atoms with Crippen LogP contribution in [0.4, 0.5) is 5.69 Å². The second-order valence-corrected chi connectivity index (χ2v) is 6.20. The summed E-state index contributed by atoms with van der Waals surface area (Å²) >= 11 is 0. The van der Waals surface area contributed by atoms with Gasteiger partial charge in [-0.1, -0.05) is 29.8 Å². The van der Waals surface area contributed by atoms with Crippen LogP contribution < -0.4 is 10.1 Å². The second kappa shape index (κ2) is 8.49. The van der Waals surface area contributed by atoms with E-state index in [0.29, 0.717) is 6.61 Å². The van der Waals surface area contributed by atoms with Crippen LogP contribution in [0, 0.1) is 6.92 Å². The summed E-state index contributed by atoms with van der Waals surface area (Å²) in [6, 6.07) is 15.4. The number of rotatable bonds is 6. The van der Waals surface area contributed by atoms with Crippen molar-refractivity contribution in [2.75, 3.05) is 18.5 Å². The molecule has 0 bridgehead atoms. The minimum atomic E-state index is -0.159. The smallest absolute Gasteiger partial charge is 0.248 e. The van der Waals surface area contributed by atoms with E-state index < -0.39 is 0 Å². The number of anilines is 1. The number of hydrogen-bond acceptors (Lipinski definition) is 3. The van der Waals surface area contributed by atoms with Crippen LogP contribution in [0.15, 0.2) is 54.6 Å². The number of ether oxygens (including phenoxy) is 2. The van der Waals surface area contributed by atoms with Gasteiger partial charge in [-0.25, -0.2) is 0 Å². The Balaban J connectivity index is 1.48. The average Bonchev–Trinajstić information content (AvgIpc) is 3.14. The summed E-state index contributed by atoms with van der Waals surface area (Å²) in [5, 5.41) is 2.84. The predicted octanol–water partition coefficient (Wildman–Crippen LogP) is 4.20. The summed E-state index contributed by atoms with van der Waals surface area (Å²) in [5.41, 5.74) is 2.94. The largest absolute Gasteiger partial charge is 0.491 e. The number of amides is 1. The maximum absolute atomic E-state index is 12.0. The van der Waals surface area contributed by atoms with Crippen LogP contribution in [0.5, 0.6) is 5.75 Å². The highest BCUT2D eigenvalue weighted by Crippen LogP contribution is 2.18. The van der Waals surface area contributed by atoms with Gasteiger partial charge in [0.05, 0.1) is 6.10 Å². The van der Waals surface area contributed by atoms with Crippen molar-refractivity contribution in [2.45, 2.75) is 25.9 Å². The topological polar surface area (TPSA) is 47.6 Å². The molecule has 0 aliphatic carbocycles.